The number of ether oxygens (including phenoxy) is 1. The maximum Gasteiger partial charge on any atom is 0.239 e. The van der Waals surface area contributed by atoms with Crippen molar-refractivity contribution in [2.75, 3.05) is 31.6 Å². The van der Waals surface area contributed by atoms with E-state index < -0.39 is 0 Å². The van der Waals surface area contributed by atoms with Crippen molar-refractivity contribution >= 4 is 11.7 Å². The average Bonchev–Trinajstić information content (AvgIpc) is 2.55. The van der Waals surface area contributed by atoms with Gasteiger partial charge in [0, 0.05) is 39.7 Å². The average molecular weight is 332 g/mol. The van der Waals surface area contributed by atoms with Crippen LogP contribution in [0.2, 0.25) is 0 Å². The van der Waals surface area contributed by atoms with Crippen molar-refractivity contribution in [2.45, 2.75) is 13.8 Å². The molecule has 1 heterocycles. The van der Waals surface area contributed by atoms with Gasteiger partial charge in [-0.3, -0.25) is 9.78 Å². The zero-order valence-electron chi connectivity index (χ0n) is 14.1. The molecule has 0 aliphatic rings. The molecule has 6 nitrogen and oxygen atoms in total. The van der Waals surface area contributed by atoms with Crippen molar-refractivity contribution in [3.8, 4) is 11.6 Å². The van der Waals surface area contributed by atoms with Crippen LogP contribution < -0.4 is 9.64 Å². The fourth-order valence-electron chi connectivity index (χ4n) is 2.15. The van der Waals surface area contributed by atoms with E-state index in [4.69, 9.17) is 4.74 Å². The molecule has 0 N–H and O–H groups in total. The van der Waals surface area contributed by atoms with Crippen molar-refractivity contribution in [3.05, 3.63) is 42.5 Å². The van der Waals surface area contributed by atoms with Gasteiger partial charge < -0.3 is 14.5 Å². The van der Waals surface area contributed by atoms with E-state index in [1.54, 1.807) is 30.2 Å². The quantitative estimate of drug-likeness (QED) is 0.780. The lowest BCUT2D eigenvalue weighted by atomic mass is 10.3. The third kappa shape index (κ3) is 4.91. The number of hydrogen-bond acceptors (Lipinski definition) is 5. The monoisotopic (exact) mass is 332 g/mol. The topological polar surface area (TPSA) is 58.6 Å². The van der Waals surface area contributed by atoms with E-state index >= 15 is 0 Å². The molecular formula is C17H21FN4O2. The van der Waals surface area contributed by atoms with E-state index in [-0.39, 0.29) is 17.6 Å². The van der Waals surface area contributed by atoms with Gasteiger partial charge in [-0.05, 0) is 19.1 Å². The van der Waals surface area contributed by atoms with Crippen molar-refractivity contribution in [1.82, 2.24) is 14.9 Å². The highest BCUT2D eigenvalue weighted by atomic mass is 19.1. The van der Waals surface area contributed by atoms with E-state index in [0.717, 1.165) is 0 Å². The maximum atomic E-state index is 13.2. The van der Waals surface area contributed by atoms with Crippen molar-refractivity contribution in [3.63, 3.8) is 0 Å². The Labute approximate surface area is 140 Å². The lowest BCUT2D eigenvalue weighted by Gasteiger charge is -2.24. The fraction of sp³-hybridized carbons (Fsp3) is 0.353. The first-order chi connectivity index (χ1) is 11.5. The number of anilines is 1. The molecule has 7 heteroatoms. The number of amides is 1. The molecule has 0 saturated heterocycles. The van der Waals surface area contributed by atoms with E-state index in [1.165, 1.54) is 18.3 Å². The summed E-state index contributed by atoms with van der Waals surface area (Å²) < 4.78 is 18.7. The Morgan fingerprint density at radius 2 is 2.08 bits per heavy atom. The molecule has 1 amide bonds. The Kier molecular flexibility index (Phi) is 6.06. The molecule has 0 aliphatic carbocycles. The number of halogens is 1. The van der Waals surface area contributed by atoms with Gasteiger partial charge in [-0.1, -0.05) is 6.07 Å². The number of benzene rings is 1. The van der Waals surface area contributed by atoms with Crippen LogP contribution in [0.4, 0.5) is 10.2 Å². The minimum atomic E-state index is -0.377. The number of aromatic nitrogens is 2. The summed E-state index contributed by atoms with van der Waals surface area (Å²) in [5.41, 5.74) is 0. The second kappa shape index (κ2) is 8.24. The largest absolute Gasteiger partial charge is 0.437 e. The molecule has 0 bridgehead atoms. The van der Waals surface area contributed by atoms with Crippen LogP contribution in [0, 0.1) is 5.82 Å². The van der Waals surface area contributed by atoms with E-state index in [0.29, 0.717) is 31.2 Å². The molecule has 24 heavy (non-hydrogen) atoms. The van der Waals surface area contributed by atoms with Crippen molar-refractivity contribution in [2.24, 2.45) is 0 Å². The highest BCUT2D eigenvalue weighted by molar-refractivity contribution is 5.73. The Morgan fingerprint density at radius 1 is 1.29 bits per heavy atom. The summed E-state index contributed by atoms with van der Waals surface area (Å²) in [7, 11) is 1.87. The molecule has 0 saturated carbocycles. The number of carbonyl (C=O) groups excluding carboxylic acids is 1. The molecule has 0 unspecified atom stereocenters. The van der Waals surface area contributed by atoms with E-state index in [9.17, 15) is 9.18 Å². The van der Waals surface area contributed by atoms with E-state index in [1.807, 2.05) is 18.9 Å². The molecule has 0 aliphatic heterocycles. The van der Waals surface area contributed by atoms with E-state index in [2.05, 4.69) is 9.97 Å². The fourth-order valence-corrected chi connectivity index (χ4v) is 2.15. The first-order valence-electron chi connectivity index (χ1n) is 7.71. The minimum absolute atomic E-state index is 0.0418. The molecule has 1 aromatic carbocycles. The van der Waals surface area contributed by atoms with Gasteiger partial charge in [0.1, 0.15) is 11.6 Å². The van der Waals surface area contributed by atoms with Crippen molar-refractivity contribution < 1.29 is 13.9 Å². The number of hydrogen-bond donors (Lipinski definition) is 0. The van der Waals surface area contributed by atoms with Crippen LogP contribution in [-0.2, 0) is 4.79 Å². The number of carbonyl (C=O) groups is 1. The summed E-state index contributed by atoms with van der Waals surface area (Å²) in [6.45, 7) is 5.37. The normalized spacial score (nSPS) is 10.3. The molecule has 0 atom stereocenters. The molecule has 0 spiro atoms. The predicted molar refractivity (Wildman–Crippen MR) is 89.7 cm³/mol. The van der Waals surface area contributed by atoms with Crippen LogP contribution in [0.1, 0.15) is 13.8 Å². The van der Waals surface area contributed by atoms with Crippen LogP contribution in [0.15, 0.2) is 36.7 Å². The SMILES string of the molecule is CCN(CCN(C)c1cncc(Oc2cccc(F)c2)n1)C(C)=O. The third-order valence-corrected chi connectivity index (χ3v) is 3.54. The summed E-state index contributed by atoms with van der Waals surface area (Å²) in [4.78, 5) is 23.5. The first kappa shape index (κ1) is 17.7. The van der Waals surface area contributed by atoms with Gasteiger partial charge in [-0.15, -0.1) is 0 Å². The van der Waals surface area contributed by atoms with Crippen LogP contribution in [-0.4, -0.2) is 47.5 Å². The second-order valence-electron chi connectivity index (χ2n) is 5.30. The summed E-state index contributed by atoms with van der Waals surface area (Å²) >= 11 is 0. The van der Waals surface area contributed by atoms with Crippen LogP contribution >= 0.6 is 0 Å². The Morgan fingerprint density at radius 3 is 2.75 bits per heavy atom. The maximum absolute atomic E-state index is 13.2. The van der Waals surface area contributed by atoms with Gasteiger partial charge in [0.2, 0.25) is 11.8 Å². The van der Waals surface area contributed by atoms with Gasteiger partial charge >= 0.3 is 0 Å². The van der Waals surface area contributed by atoms with Crippen LogP contribution in [0.3, 0.4) is 0 Å². The molecule has 0 fully saturated rings. The van der Waals surface area contributed by atoms with Crippen molar-refractivity contribution in [1.29, 1.82) is 0 Å². The standard InChI is InChI=1S/C17H21FN4O2/c1-4-22(13(2)23)9-8-21(3)16-11-19-12-17(20-16)24-15-7-5-6-14(18)10-15/h5-7,10-12H,4,8-9H2,1-3H3. The summed E-state index contributed by atoms with van der Waals surface area (Å²) in [6, 6.07) is 5.84. The lowest BCUT2D eigenvalue weighted by molar-refractivity contribution is -0.128. The molecular weight excluding hydrogens is 311 g/mol. The molecule has 1 aromatic heterocycles. The van der Waals surface area contributed by atoms with Gasteiger partial charge in [-0.25, -0.2) is 4.39 Å². The van der Waals surface area contributed by atoms with Crippen LogP contribution in [0.25, 0.3) is 0 Å². The van der Waals surface area contributed by atoms with Gasteiger partial charge in [0.05, 0.1) is 12.4 Å². The van der Waals surface area contributed by atoms with Crippen LogP contribution in [0.5, 0.6) is 11.6 Å². The zero-order valence-corrected chi connectivity index (χ0v) is 14.1. The molecule has 2 aromatic rings. The Bertz CT molecular complexity index is 696. The van der Waals surface area contributed by atoms with Gasteiger partial charge in [0.15, 0.2) is 5.82 Å². The molecule has 128 valence electrons. The Balaban J connectivity index is 2.02. The summed E-state index contributed by atoms with van der Waals surface area (Å²) in [6.07, 6.45) is 3.08. The smallest absolute Gasteiger partial charge is 0.239 e. The summed E-state index contributed by atoms with van der Waals surface area (Å²) in [5, 5.41) is 0. The van der Waals surface area contributed by atoms with Gasteiger partial charge in [-0.2, -0.15) is 4.98 Å². The predicted octanol–water partition coefficient (Wildman–Crippen LogP) is 2.71. The molecule has 2 rings (SSSR count). The minimum Gasteiger partial charge on any atom is -0.437 e. The second-order valence-corrected chi connectivity index (χ2v) is 5.30. The number of likely N-dealkylation sites (N-methyl/N-ethyl adjacent to an activating group) is 2. The highest BCUT2D eigenvalue weighted by Gasteiger charge is 2.10. The first-order valence-corrected chi connectivity index (χ1v) is 7.71. The number of rotatable bonds is 7. The Hall–Kier alpha value is -2.70. The number of nitrogens with zero attached hydrogens (tertiary/aromatic N) is 4. The molecule has 0 radical (unpaired) electrons. The lowest BCUT2D eigenvalue weighted by Crippen LogP contribution is -2.36. The summed E-state index contributed by atoms with van der Waals surface area (Å²) in [5.74, 6) is 0.919. The van der Waals surface area contributed by atoms with Gasteiger partial charge in [0.25, 0.3) is 0 Å². The highest BCUT2D eigenvalue weighted by Crippen LogP contribution is 2.21. The third-order valence-electron chi connectivity index (χ3n) is 3.54. The zero-order chi connectivity index (χ0) is 17.5.